The Balaban J connectivity index is 2.12. The summed E-state index contributed by atoms with van der Waals surface area (Å²) in [7, 11) is 2.10. The SMILES string of the molecule is CN(CC1CCC1)c1cc(Br)cc(C#N)c1. The highest BCUT2D eigenvalue weighted by Crippen LogP contribution is 2.29. The fraction of sp³-hybridized carbons (Fsp3) is 0.462. The molecule has 0 unspecified atom stereocenters. The first-order valence-electron chi connectivity index (χ1n) is 5.61. The van der Waals surface area contributed by atoms with Crippen LogP contribution in [0, 0.1) is 17.2 Å². The van der Waals surface area contributed by atoms with Crippen LogP contribution in [0.4, 0.5) is 5.69 Å². The van der Waals surface area contributed by atoms with Crippen LogP contribution in [0.2, 0.25) is 0 Å². The highest BCUT2D eigenvalue weighted by molar-refractivity contribution is 9.10. The van der Waals surface area contributed by atoms with Gasteiger partial charge in [-0.05, 0) is 37.0 Å². The predicted octanol–water partition coefficient (Wildman–Crippen LogP) is 3.56. The van der Waals surface area contributed by atoms with Crippen LogP contribution >= 0.6 is 15.9 Å². The second-order valence-corrected chi connectivity index (χ2v) is 5.40. The monoisotopic (exact) mass is 278 g/mol. The molecule has 0 amide bonds. The molecule has 3 heteroatoms. The van der Waals surface area contributed by atoms with Crippen molar-refractivity contribution >= 4 is 21.6 Å². The highest BCUT2D eigenvalue weighted by atomic mass is 79.9. The Bertz CT molecular complexity index is 418. The zero-order valence-electron chi connectivity index (χ0n) is 9.41. The number of nitriles is 1. The largest absolute Gasteiger partial charge is 0.374 e. The van der Waals surface area contributed by atoms with Crippen molar-refractivity contribution in [2.45, 2.75) is 19.3 Å². The fourth-order valence-electron chi connectivity index (χ4n) is 2.03. The summed E-state index contributed by atoms with van der Waals surface area (Å²) in [6, 6.07) is 8.05. The Morgan fingerprint density at radius 2 is 2.19 bits per heavy atom. The third kappa shape index (κ3) is 2.56. The van der Waals surface area contributed by atoms with Gasteiger partial charge in [-0.1, -0.05) is 22.4 Å². The number of anilines is 1. The second-order valence-electron chi connectivity index (χ2n) is 4.49. The molecule has 0 radical (unpaired) electrons. The molecule has 1 aromatic carbocycles. The lowest BCUT2D eigenvalue weighted by atomic mass is 9.85. The summed E-state index contributed by atoms with van der Waals surface area (Å²) in [5, 5.41) is 8.92. The zero-order valence-corrected chi connectivity index (χ0v) is 11.0. The van der Waals surface area contributed by atoms with Crippen molar-refractivity contribution in [2.75, 3.05) is 18.5 Å². The van der Waals surface area contributed by atoms with E-state index in [1.807, 2.05) is 12.1 Å². The van der Waals surface area contributed by atoms with Crippen LogP contribution in [-0.2, 0) is 0 Å². The molecule has 0 saturated heterocycles. The number of halogens is 1. The van der Waals surface area contributed by atoms with Crippen LogP contribution in [0.3, 0.4) is 0 Å². The molecule has 0 bridgehead atoms. The molecule has 0 aliphatic heterocycles. The molecule has 2 rings (SSSR count). The van der Waals surface area contributed by atoms with Gasteiger partial charge in [-0.25, -0.2) is 0 Å². The van der Waals surface area contributed by atoms with Crippen molar-refractivity contribution in [3.63, 3.8) is 0 Å². The minimum absolute atomic E-state index is 0.713. The Hall–Kier alpha value is -1.01. The normalized spacial score (nSPS) is 15.3. The number of hydrogen-bond donors (Lipinski definition) is 0. The van der Waals surface area contributed by atoms with Gasteiger partial charge in [0.15, 0.2) is 0 Å². The van der Waals surface area contributed by atoms with Crippen molar-refractivity contribution in [2.24, 2.45) is 5.92 Å². The van der Waals surface area contributed by atoms with E-state index in [0.717, 1.165) is 22.6 Å². The quantitative estimate of drug-likeness (QED) is 0.846. The first-order chi connectivity index (χ1) is 7.69. The lowest BCUT2D eigenvalue weighted by Crippen LogP contribution is -2.29. The number of rotatable bonds is 3. The molecular weight excluding hydrogens is 264 g/mol. The van der Waals surface area contributed by atoms with Crippen molar-refractivity contribution in [1.82, 2.24) is 0 Å². The fourth-order valence-corrected chi connectivity index (χ4v) is 2.51. The number of hydrogen-bond acceptors (Lipinski definition) is 2. The molecule has 0 spiro atoms. The van der Waals surface area contributed by atoms with E-state index in [1.165, 1.54) is 19.3 Å². The first-order valence-corrected chi connectivity index (χ1v) is 6.40. The summed E-state index contributed by atoms with van der Waals surface area (Å²) in [5.74, 6) is 0.842. The van der Waals surface area contributed by atoms with Gasteiger partial charge in [0.1, 0.15) is 0 Å². The van der Waals surface area contributed by atoms with E-state index >= 15 is 0 Å². The Kier molecular flexibility index (Phi) is 3.50. The molecule has 1 aliphatic rings. The summed E-state index contributed by atoms with van der Waals surface area (Å²) >= 11 is 3.44. The van der Waals surface area contributed by atoms with Gasteiger partial charge >= 0.3 is 0 Å². The van der Waals surface area contributed by atoms with Gasteiger partial charge < -0.3 is 4.90 Å². The van der Waals surface area contributed by atoms with Gasteiger partial charge in [0.2, 0.25) is 0 Å². The number of nitrogens with zero attached hydrogens (tertiary/aromatic N) is 2. The molecule has 0 aromatic heterocycles. The number of benzene rings is 1. The average molecular weight is 279 g/mol. The van der Waals surface area contributed by atoms with Crippen LogP contribution < -0.4 is 4.90 Å². The van der Waals surface area contributed by atoms with Crippen LogP contribution in [0.5, 0.6) is 0 Å². The summed E-state index contributed by atoms with van der Waals surface area (Å²) in [5.41, 5.74) is 1.84. The summed E-state index contributed by atoms with van der Waals surface area (Å²) in [6.45, 7) is 1.10. The Morgan fingerprint density at radius 1 is 1.44 bits per heavy atom. The molecule has 1 aromatic rings. The van der Waals surface area contributed by atoms with E-state index < -0.39 is 0 Å². The second kappa shape index (κ2) is 4.88. The maximum atomic E-state index is 8.92. The molecular formula is C13H15BrN2. The minimum atomic E-state index is 0.713. The van der Waals surface area contributed by atoms with Crippen LogP contribution in [0.25, 0.3) is 0 Å². The maximum absolute atomic E-state index is 8.92. The average Bonchev–Trinajstić information content (AvgIpc) is 2.22. The Morgan fingerprint density at radius 3 is 2.75 bits per heavy atom. The first kappa shape index (κ1) is 11.5. The van der Waals surface area contributed by atoms with Gasteiger partial charge in [0, 0.05) is 23.8 Å². The van der Waals surface area contributed by atoms with Crippen molar-refractivity contribution < 1.29 is 0 Å². The molecule has 1 fully saturated rings. The maximum Gasteiger partial charge on any atom is 0.0992 e. The predicted molar refractivity (Wildman–Crippen MR) is 69.5 cm³/mol. The van der Waals surface area contributed by atoms with Gasteiger partial charge in [-0.3, -0.25) is 0 Å². The molecule has 84 valence electrons. The highest BCUT2D eigenvalue weighted by Gasteiger charge is 2.19. The van der Waals surface area contributed by atoms with E-state index in [1.54, 1.807) is 0 Å². The molecule has 1 saturated carbocycles. The van der Waals surface area contributed by atoms with E-state index in [-0.39, 0.29) is 0 Å². The minimum Gasteiger partial charge on any atom is -0.374 e. The lowest BCUT2D eigenvalue weighted by Gasteiger charge is -2.31. The van der Waals surface area contributed by atoms with Gasteiger partial charge in [-0.2, -0.15) is 5.26 Å². The zero-order chi connectivity index (χ0) is 11.5. The molecule has 16 heavy (non-hydrogen) atoms. The third-order valence-electron chi connectivity index (χ3n) is 3.21. The van der Waals surface area contributed by atoms with E-state index in [9.17, 15) is 0 Å². The molecule has 0 atom stereocenters. The van der Waals surface area contributed by atoms with Gasteiger partial charge in [-0.15, -0.1) is 0 Å². The van der Waals surface area contributed by atoms with Gasteiger partial charge in [0.25, 0.3) is 0 Å². The standard InChI is InChI=1S/C13H15BrN2/c1-16(9-10-3-2-4-10)13-6-11(8-15)5-12(14)7-13/h5-7,10H,2-4,9H2,1H3. The molecule has 0 N–H and O–H groups in total. The third-order valence-corrected chi connectivity index (χ3v) is 3.67. The van der Waals surface area contributed by atoms with Crippen LogP contribution in [-0.4, -0.2) is 13.6 Å². The molecule has 0 heterocycles. The van der Waals surface area contributed by atoms with Crippen LogP contribution in [0.15, 0.2) is 22.7 Å². The van der Waals surface area contributed by atoms with E-state index in [4.69, 9.17) is 5.26 Å². The van der Waals surface area contributed by atoms with Crippen molar-refractivity contribution in [3.05, 3.63) is 28.2 Å². The lowest BCUT2D eigenvalue weighted by molar-refractivity contribution is 0.321. The van der Waals surface area contributed by atoms with Crippen molar-refractivity contribution in [1.29, 1.82) is 5.26 Å². The topological polar surface area (TPSA) is 27.0 Å². The van der Waals surface area contributed by atoms with Gasteiger partial charge in [0.05, 0.1) is 11.6 Å². The molecule has 2 nitrogen and oxygen atoms in total. The van der Waals surface area contributed by atoms with E-state index in [0.29, 0.717) is 5.56 Å². The smallest absolute Gasteiger partial charge is 0.0992 e. The summed E-state index contributed by atoms with van der Waals surface area (Å²) in [6.07, 6.45) is 4.08. The van der Waals surface area contributed by atoms with Crippen molar-refractivity contribution in [3.8, 4) is 6.07 Å². The van der Waals surface area contributed by atoms with E-state index in [2.05, 4.69) is 40.0 Å². The summed E-state index contributed by atoms with van der Waals surface area (Å²) in [4.78, 5) is 2.25. The molecule has 1 aliphatic carbocycles. The Labute approximate surface area is 105 Å². The van der Waals surface area contributed by atoms with Crippen LogP contribution in [0.1, 0.15) is 24.8 Å². The summed E-state index contributed by atoms with van der Waals surface area (Å²) < 4.78 is 0.974.